The predicted molar refractivity (Wildman–Crippen MR) is 142 cm³/mol. The molecule has 2 heterocycles. The number of hydrogen-bond donors (Lipinski definition) is 3. The minimum absolute atomic E-state index is 0.00339. The van der Waals surface area contributed by atoms with Crippen LogP contribution in [0.1, 0.15) is 29.5 Å². The van der Waals surface area contributed by atoms with Gasteiger partial charge in [0.1, 0.15) is 28.1 Å². The second-order valence-corrected chi connectivity index (χ2v) is 11.5. The maximum absolute atomic E-state index is 15.0. The number of aliphatic carboxylic acids is 1. The van der Waals surface area contributed by atoms with Crippen LogP contribution in [0.5, 0.6) is 11.5 Å². The molecule has 208 valence electrons. The van der Waals surface area contributed by atoms with Crippen molar-refractivity contribution in [1.82, 2.24) is 10.3 Å². The van der Waals surface area contributed by atoms with Crippen molar-refractivity contribution in [2.24, 2.45) is 4.99 Å². The number of aliphatic imine (C=N–C) groups is 1. The van der Waals surface area contributed by atoms with Gasteiger partial charge < -0.3 is 20.1 Å². The Kier molecular flexibility index (Phi) is 7.05. The van der Waals surface area contributed by atoms with E-state index in [1.165, 1.54) is 30.5 Å². The number of rotatable bonds is 8. The Morgan fingerprint density at radius 3 is 2.65 bits per heavy atom. The van der Waals surface area contributed by atoms with Crippen LogP contribution >= 0.6 is 0 Å². The Morgan fingerprint density at radius 1 is 1.15 bits per heavy atom. The molecular weight excluding hydrogens is 547 g/mol. The molecule has 0 radical (unpaired) electrons. The van der Waals surface area contributed by atoms with Gasteiger partial charge >= 0.3 is 5.97 Å². The van der Waals surface area contributed by atoms with Gasteiger partial charge in [0.2, 0.25) is 0 Å². The summed E-state index contributed by atoms with van der Waals surface area (Å²) < 4.78 is 75.7. The normalized spacial score (nSPS) is 16.0. The van der Waals surface area contributed by atoms with Gasteiger partial charge in [0.15, 0.2) is 21.4 Å². The van der Waals surface area contributed by atoms with E-state index in [0.29, 0.717) is 5.56 Å². The molecule has 0 bridgehead atoms. The topological polar surface area (TPSA) is 121 Å². The fourth-order valence-corrected chi connectivity index (χ4v) is 5.88. The van der Waals surface area contributed by atoms with Crippen molar-refractivity contribution < 1.29 is 36.2 Å². The van der Waals surface area contributed by atoms with Crippen molar-refractivity contribution in [3.05, 3.63) is 88.9 Å². The van der Waals surface area contributed by atoms with Crippen LogP contribution in [0.15, 0.2) is 64.6 Å². The molecule has 0 spiro atoms. The number of benzene rings is 3. The van der Waals surface area contributed by atoms with Crippen LogP contribution in [-0.2, 0) is 21.1 Å². The molecule has 5 rings (SSSR count). The van der Waals surface area contributed by atoms with E-state index < -0.39 is 57.4 Å². The summed E-state index contributed by atoms with van der Waals surface area (Å²) >= 11 is 0. The lowest BCUT2D eigenvalue weighted by molar-refractivity contribution is -0.136. The summed E-state index contributed by atoms with van der Waals surface area (Å²) in [5, 5.41) is 12.4. The van der Waals surface area contributed by atoms with Crippen LogP contribution in [0, 0.1) is 17.5 Å². The highest BCUT2D eigenvalue weighted by Crippen LogP contribution is 2.38. The highest BCUT2D eigenvalue weighted by atomic mass is 32.2. The number of ether oxygens (including phenoxy) is 1. The van der Waals surface area contributed by atoms with Crippen LogP contribution in [0.25, 0.3) is 10.9 Å². The molecule has 0 amide bonds. The van der Waals surface area contributed by atoms with Crippen molar-refractivity contribution in [1.29, 1.82) is 0 Å². The Balaban J connectivity index is 1.42. The molecular formula is C28H24F3N3O5S. The largest absolute Gasteiger partial charge is 0.481 e. The zero-order valence-corrected chi connectivity index (χ0v) is 22.2. The van der Waals surface area contributed by atoms with Gasteiger partial charge in [-0.25, -0.2) is 21.6 Å². The molecule has 1 aromatic heterocycles. The zero-order chi connectivity index (χ0) is 28.8. The number of amidine groups is 1. The number of aromatic amines is 1. The summed E-state index contributed by atoms with van der Waals surface area (Å²) in [6.45, 7) is 1.93. The van der Waals surface area contributed by atoms with Crippen molar-refractivity contribution in [2.45, 2.75) is 30.2 Å². The van der Waals surface area contributed by atoms with Gasteiger partial charge in [-0.15, -0.1) is 0 Å². The smallest absolute Gasteiger partial charge is 0.307 e. The predicted octanol–water partition coefficient (Wildman–Crippen LogP) is 4.93. The summed E-state index contributed by atoms with van der Waals surface area (Å²) in [6.07, 6.45) is 1.97. The molecule has 2 atom stereocenters. The third kappa shape index (κ3) is 5.14. The fraction of sp³-hybridized carbons (Fsp3) is 0.214. The number of halogens is 3. The number of nitrogens with zero attached hydrogens (tertiary/aromatic N) is 1. The maximum Gasteiger partial charge on any atom is 0.307 e. The molecule has 0 aliphatic carbocycles. The molecule has 1 aliphatic heterocycles. The zero-order valence-electron chi connectivity index (χ0n) is 21.3. The second kappa shape index (κ2) is 10.3. The Hall–Kier alpha value is -4.32. The number of hydrogen-bond acceptors (Lipinski definition) is 6. The maximum atomic E-state index is 15.0. The van der Waals surface area contributed by atoms with Crippen molar-refractivity contribution >= 4 is 32.5 Å². The quantitative estimate of drug-likeness (QED) is 0.276. The number of carboxylic acid groups (broad SMARTS) is 1. The first-order chi connectivity index (χ1) is 18.9. The number of carbonyl (C=O) groups is 1. The first kappa shape index (κ1) is 27.3. The number of fused-ring (bicyclic) bond motifs is 1. The first-order valence-electron chi connectivity index (χ1n) is 12.2. The highest BCUT2D eigenvalue weighted by Gasteiger charge is 2.30. The Bertz CT molecular complexity index is 1790. The van der Waals surface area contributed by atoms with Crippen LogP contribution in [0.3, 0.4) is 0 Å². The summed E-state index contributed by atoms with van der Waals surface area (Å²) in [7, 11) is -3.92. The SMILES string of the molecule is C[C@H](c1cccc(CC(=O)O)c1F)C1CN=C(c2cc(Oc3c(F)cc4[nH]ccc4c3S(C)(=O)=O)ccc2F)N1. The van der Waals surface area contributed by atoms with E-state index in [1.807, 2.05) is 0 Å². The Labute approximate surface area is 227 Å². The first-order valence-corrected chi connectivity index (χ1v) is 14.1. The third-order valence-electron chi connectivity index (χ3n) is 6.81. The van der Waals surface area contributed by atoms with Crippen LogP contribution in [0.4, 0.5) is 13.2 Å². The van der Waals surface area contributed by atoms with Gasteiger partial charge in [-0.2, -0.15) is 0 Å². The van der Waals surface area contributed by atoms with Gasteiger partial charge in [-0.1, -0.05) is 25.1 Å². The van der Waals surface area contributed by atoms with Gasteiger partial charge in [-0.3, -0.25) is 9.79 Å². The van der Waals surface area contributed by atoms with Crippen LogP contribution in [-0.4, -0.2) is 49.2 Å². The molecule has 0 saturated carbocycles. The molecule has 12 heteroatoms. The van der Waals surface area contributed by atoms with Crippen molar-refractivity contribution in [2.75, 3.05) is 12.8 Å². The van der Waals surface area contributed by atoms with Gasteiger partial charge in [0, 0.05) is 35.3 Å². The van der Waals surface area contributed by atoms with E-state index in [0.717, 1.165) is 18.4 Å². The van der Waals surface area contributed by atoms with E-state index in [9.17, 15) is 17.6 Å². The number of H-pyrrole nitrogens is 1. The highest BCUT2D eigenvalue weighted by molar-refractivity contribution is 7.91. The molecule has 0 fully saturated rings. The number of nitrogens with one attached hydrogen (secondary N) is 2. The molecule has 1 aliphatic rings. The third-order valence-corrected chi connectivity index (χ3v) is 7.96. The summed E-state index contributed by atoms with van der Waals surface area (Å²) in [5.41, 5.74) is 0.635. The Morgan fingerprint density at radius 2 is 1.93 bits per heavy atom. The number of aromatic nitrogens is 1. The van der Waals surface area contributed by atoms with Crippen LogP contribution in [0.2, 0.25) is 0 Å². The van der Waals surface area contributed by atoms with E-state index in [2.05, 4.69) is 15.3 Å². The number of carboxylic acids is 1. The molecule has 8 nitrogen and oxygen atoms in total. The minimum atomic E-state index is -3.92. The summed E-state index contributed by atoms with van der Waals surface area (Å²) in [4.78, 5) is 17.9. The van der Waals surface area contributed by atoms with Gasteiger partial charge in [0.05, 0.1) is 24.6 Å². The standard InChI is InChI=1S/C28H24F3N3O5S/c1-14(17-5-3-4-15(25(17)31)10-24(35)36)23-13-33-28(34-23)19-11-16(6-7-20(19)29)39-26-21(30)12-22-18(8-9-32-22)27(26)40(2,37)38/h3-9,11-12,14,23,32H,10,13H2,1-2H3,(H,33,34)(H,35,36)/t14-,23?/m1/s1. The molecule has 3 aromatic carbocycles. The van der Waals surface area contributed by atoms with E-state index >= 15 is 8.78 Å². The average molecular weight is 572 g/mol. The second-order valence-electron chi connectivity index (χ2n) is 9.59. The van der Waals surface area contributed by atoms with E-state index in [4.69, 9.17) is 9.84 Å². The van der Waals surface area contributed by atoms with Crippen molar-refractivity contribution in [3.63, 3.8) is 0 Å². The molecule has 0 saturated heterocycles. The lowest BCUT2D eigenvalue weighted by Crippen LogP contribution is -2.35. The monoisotopic (exact) mass is 571 g/mol. The molecule has 3 N–H and O–H groups in total. The van der Waals surface area contributed by atoms with Gasteiger partial charge in [-0.05, 0) is 35.4 Å². The number of sulfone groups is 1. The average Bonchev–Trinajstić information content (AvgIpc) is 3.55. The lowest BCUT2D eigenvalue weighted by Gasteiger charge is -2.22. The molecule has 4 aromatic rings. The minimum Gasteiger partial charge on any atom is -0.481 e. The van der Waals surface area contributed by atoms with Gasteiger partial charge in [0.25, 0.3) is 0 Å². The molecule has 40 heavy (non-hydrogen) atoms. The van der Waals surface area contributed by atoms with Crippen LogP contribution < -0.4 is 10.1 Å². The lowest BCUT2D eigenvalue weighted by atomic mass is 9.91. The van der Waals surface area contributed by atoms with E-state index in [1.54, 1.807) is 19.1 Å². The summed E-state index contributed by atoms with van der Waals surface area (Å²) in [6, 6.07) is 10.3. The summed E-state index contributed by atoms with van der Waals surface area (Å²) in [5.74, 6) is -4.17. The molecule has 1 unspecified atom stereocenters. The fourth-order valence-electron chi connectivity index (χ4n) is 4.82. The van der Waals surface area contributed by atoms with E-state index in [-0.39, 0.29) is 45.1 Å². The van der Waals surface area contributed by atoms with Crippen molar-refractivity contribution in [3.8, 4) is 11.5 Å².